The Hall–Kier alpha value is -1.62. The molecular formula is C20H31N3O2. The summed E-state index contributed by atoms with van der Waals surface area (Å²) in [6, 6.07) is 4.53. The second-order valence-electron chi connectivity index (χ2n) is 7.65. The minimum Gasteiger partial charge on any atom is -0.475 e. The van der Waals surface area contributed by atoms with Gasteiger partial charge in [0.15, 0.2) is 0 Å². The first-order chi connectivity index (χ1) is 12.1. The molecule has 1 amide bonds. The molecule has 1 aromatic heterocycles. The molecular weight excluding hydrogens is 314 g/mol. The molecule has 138 valence electrons. The lowest BCUT2D eigenvalue weighted by Gasteiger charge is -2.26. The number of rotatable bonds is 5. The Labute approximate surface area is 151 Å². The third-order valence-electron chi connectivity index (χ3n) is 5.25. The summed E-state index contributed by atoms with van der Waals surface area (Å²) in [4.78, 5) is 19.3. The molecule has 1 saturated heterocycles. The third-order valence-corrected chi connectivity index (χ3v) is 5.25. The van der Waals surface area contributed by atoms with Crippen LogP contribution in [-0.4, -0.2) is 47.1 Å². The molecule has 2 heterocycles. The van der Waals surface area contributed by atoms with E-state index in [0.717, 1.165) is 25.6 Å². The van der Waals surface area contributed by atoms with Crippen molar-refractivity contribution in [2.45, 2.75) is 77.0 Å². The molecule has 0 aromatic carbocycles. The maximum atomic E-state index is 12.5. The summed E-state index contributed by atoms with van der Waals surface area (Å²) in [6.45, 7) is 6.01. The molecule has 1 aliphatic heterocycles. The van der Waals surface area contributed by atoms with E-state index in [4.69, 9.17) is 4.74 Å². The van der Waals surface area contributed by atoms with E-state index < -0.39 is 0 Å². The van der Waals surface area contributed by atoms with Gasteiger partial charge in [-0.3, -0.25) is 9.69 Å². The maximum Gasteiger partial charge on any atom is 0.253 e. The van der Waals surface area contributed by atoms with Crippen molar-refractivity contribution in [2.24, 2.45) is 0 Å². The van der Waals surface area contributed by atoms with Gasteiger partial charge in [0.05, 0.1) is 11.7 Å². The molecule has 25 heavy (non-hydrogen) atoms. The zero-order valence-electron chi connectivity index (χ0n) is 15.5. The number of hydrogen-bond donors (Lipinski definition) is 1. The van der Waals surface area contributed by atoms with Crippen LogP contribution in [0, 0.1) is 0 Å². The molecule has 1 saturated carbocycles. The van der Waals surface area contributed by atoms with Gasteiger partial charge in [-0.05, 0) is 39.2 Å². The van der Waals surface area contributed by atoms with E-state index in [0.29, 0.717) is 11.4 Å². The Bertz CT molecular complexity index is 551. The van der Waals surface area contributed by atoms with Crippen LogP contribution in [-0.2, 0) is 0 Å². The first-order valence-electron chi connectivity index (χ1n) is 9.79. The molecule has 0 radical (unpaired) electrons. The molecule has 2 fully saturated rings. The highest BCUT2D eigenvalue weighted by Crippen LogP contribution is 2.25. The third kappa shape index (κ3) is 5.18. The number of carbonyl (C=O) groups is 1. The van der Waals surface area contributed by atoms with Gasteiger partial charge in [-0.1, -0.05) is 25.7 Å². The van der Waals surface area contributed by atoms with Crippen molar-refractivity contribution in [3.05, 3.63) is 23.9 Å². The van der Waals surface area contributed by atoms with Crippen LogP contribution in [0.3, 0.4) is 0 Å². The van der Waals surface area contributed by atoms with E-state index >= 15 is 0 Å². The predicted octanol–water partition coefficient (Wildman–Crippen LogP) is 3.40. The number of ether oxygens (including phenoxy) is 1. The lowest BCUT2D eigenvalue weighted by Crippen LogP contribution is -2.39. The van der Waals surface area contributed by atoms with E-state index in [-0.39, 0.29) is 18.1 Å². The molecule has 1 atom stereocenters. The van der Waals surface area contributed by atoms with Crippen LogP contribution in [0.1, 0.15) is 69.2 Å². The standard InChI is InChI=1S/C20H31N3O2/c1-15(2)25-19-10-9-16(13-21-19)20(24)22-17-11-12-23(14-17)18-7-5-3-4-6-8-18/h9-10,13,15,17-18H,3-8,11-12,14H2,1-2H3,(H,22,24). The van der Waals surface area contributed by atoms with Crippen molar-refractivity contribution in [3.8, 4) is 5.88 Å². The molecule has 5 nitrogen and oxygen atoms in total. The van der Waals surface area contributed by atoms with Crippen LogP contribution in [0.4, 0.5) is 0 Å². The highest BCUT2D eigenvalue weighted by atomic mass is 16.5. The largest absolute Gasteiger partial charge is 0.475 e. The van der Waals surface area contributed by atoms with Crippen molar-refractivity contribution in [1.29, 1.82) is 0 Å². The fourth-order valence-electron chi connectivity index (χ4n) is 3.95. The quantitative estimate of drug-likeness (QED) is 0.831. The number of amides is 1. The fourth-order valence-corrected chi connectivity index (χ4v) is 3.95. The topological polar surface area (TPSA) is 54.5 Å². The van der Waals surface area contributed by atoms with Gasteiger partial charge in [-0.15, -0.1) is 0 Å². The Kier molecular flexibility index (Phi) is 6.29. The van der Waals surface area contributed by atoms with Crippen LogP contribution in [0.15, 0.2) is 18.3 Å². The van der Waals surface area contributed by atoms with E-state index in [2.05, 4.69) is 15.2 Å². The van der Waals surface area contributed by atoms with Crippen molar-refractivity contribution >= 4 is 5.91 Å². The van der Waals surface area contributed by atoms with Gasteiger partial charge in [0.2, 0.25) is 5.88 Å². The smallest absolute Gasteiger partial charge is 0.253 e. The molecule has 1 N–H and O–H groups in total. The summed E-state index contributed by atoms with van der Waals surface area (Å²) < 4.78 is 5.52. The Morgan fingerprint density at radius 2 is 1.96 bits per heavy atom. The lowest BCUT2D eigenvalue weighted by atomic mass is 10.1. The maximum absolute atomic E-state index is 12.5. The molecule has 1 aromatic rings. The van der Waals surface area contributed by atoms with Crippen LogP contribution in [0.2, 0.25) is 0 Å². The number of nitrogens with zero attached hydrogens (tertiary/aromatic N) is 2. The molecule has 1 unspecified atom stereocenters. The normalized spacial score (nSPS) is 22.8. The Morgan fingerprint density at radius 3 is 2.60 bits per heavy atom. The summed E-state index contributed by atoms with van der Waals surface area (Å²) >= 11 is 0. The SMILES string of the molecule is CC(C)Oc1ccc(C(=O)NC2CCN(C3CCCCCC3)C2)cn1. The number of hydrogen-bond acceptors (Lipinski definition) is 4. The van der Waals surface area contributed by atoms with Crippen LogP contribution in [0.5, 0.6) is 5.88 Å². The molecule has 1 aliphatic carbocycles. The number of pyridine rings is 1. The fraction of sp³-hybridized carbons (Fsp3) is 0.700. The summed E-state index contributed by atoms with van der Waals surface area (Å²) in [5.41, 5.74) is 0.601. The number of carbonyl (C=O) groups excluding carboxylic acids is 1. The van der Waals surface area contributed by atoms with Crippen molar-refractivity contribution < 1.29 is 9.53 Å². The second kappa shape index (κ2) is 8.65. The van der Waals surface area contributed by atoms with Gasteiger partial charge in [-0.2, -0.15) is 0 Å². The summed E-state index contributed by atoms with van der Waals surface area (Å²) in [7, 11) is 0. The van der Waals surface area contributed by atoms with Gasteiger partial charge >= 0.3 is 0 Å². The lowest BCUT2D eigenvalue weighted by molar-refractivity contribution is 0.0935. The number of nitrogens with one attached hydrogen (secondary N) is 1. The zero-order valence-corrected chi connectivity index (χ0v) is 15.5. The molecule has 5 heteroatoms. The van der Waals surface area contributed by atoms with E-state index in [1.54, 1.807) is 18.3 Å². The monoisotopic (exact) mass is 345 g/mol. The molecule has 0 bridgehead atoms. The van der Waals surface area contributed by atoms with Crippen molar-refractivity contribution in [1.82, 2.24) is 15.2 Å². The second-order valence-corrected chi connectivity index (χ2v) is 7.65. The Balaban J connectivity index is 1.49. The van der Waals surface area contributed by atoms with Crippen molar-refractivity contribution in [2.75, 3.05) is 13.1 Å². The highest BCUT2D eigenvalue weighted by molar-refractivity contribution is 5.94. The van der Waals surface area contributed by atoms with Crippen LogP contribution >= 0.6 is 0 Å². The first kappa shape index (κ1) is 18.2. The molecule has 2 aliphatic rings. The molecule has 3 rings (SSSR count). The average Bonchev–Trinajstić information content (AvgIpc) is 2.88. The van der Waals surface area contributed by atoms with Crippen LogP contribution < -0.4 is 10.1 Å². The summed E-state index contributed by atoms with van der Waals surface area (Å²) in [5, 5.41) is 3.18. The summed E-state index contributed by atoms with van der Waals surface area (Å²) in [6.07, 6.45) is 10.9. The average molecular weight is 345 g/mol. The van der Waals surface area contributed by atoms with E-state index in [9.17, 15) is 4.79 Å². The highest BCUT2D eigenvalue weighted by Gasteiger charge is 2.29. The van der Waals surface area contributed by atoms with Gasteiger partial charge in [0.1, 0.15) is 0 Å². The van der Waals surface area contributed by atoms with E-state index in [1.165, 1.54) is 38.5 Å². The molecule has 0 spiro atoms. The summed E-state index contributed by atoms with van der Waals surface area (Å²) in [5.74, 6) is 0.531. The van der Waals surface area contributed by atoms with E-state index in [1.807, 2.05) is 13.8 Å². The minimum atomic E-state index is -0.0312. The minimum absolute atomic E-state index is 0.0312. The number of likely N-dealkylation sites (tertiary alicyclic amines) is 1. The van der Waals surface area contributed by atoms with Crippen LogP contribution in [0.25, 0.3) is 0 Å². The van der Waals surface area contributed by atoms with Gasteiger partial charge in [0.25, 0.3) is 5.91 Å². The van der Waals surface area contributed by atoms with Gasteiger partial charge in [0, 0.05) is 37.4 Å². The number of aromatic nitrogens is 1. The first-order valence-corrected chi connectivity index (χ1v) is 9.79. The zero-order chi connectivity index (χ0) is 17.6. The Morgan fingerprint density at radius 1 is 1.20 bits per heavy atom. The van der Waals surface area contributed by atoms with Gasteiger partial charge in [-0.25, -0.2) is 4.98 Å². The van der Waals surface area contributed by atoms with Gasteiger partial charge < -0.3 is 10.1 Å². The predicted molar refractivity (Wildman–Crippen MR) is 98.9 cm³/mol. The van der Waals surface area contributed by atoms with Crippen molar-refractivity contribution in [3.63, 3.8) is 0 Å².